The Labute approximate surface area is 92.1 Å². The average molecular weight is 214 g/mol. The summed E-state index contributed by atoms with van der Waals surface area (Å²) in [7, 11) is 0. The number of carbonyl (C=O) groups is 1. The molecule has 0 aromatic rings. The van der Waals surface area contributed by atoms with Gasteiger partial charge in [0.25, 0.3) is 0 Å². The third-order valence-electron chi connectivity index (χ3n) is 2.01. The van der Waals surface area contributed by atoms with Crippen molar-refractivity contribution >= 4 is 5.97 Å². The monoisotopic (exact) mass is 214 g/mol. The number of hydrogen-bond acceptors (Lipinski definition) is 3. The summed E-state index contributed by atoms with van der Waals surface area (Å²) in [6, 6.07) is 0. The van der Waals surface area contributed by atoms with Crippen molar-refractivity contribution in [3.63, 3.8) is 0 Å². The van der Waals surface area contributed by atoms with Gasteiger partial charge in [0.05, 0.1) is 18.1 Å². The fourth-order valence-electron chi connectivity index (χ4n) is 0.955. The van der Waals surface area contributed by atoms with Gasteiger partial charge in [0, 0.05) is 0 Å². The minimum Gasteiger partial charge on any atom is -0.465 e. The van der Waals surface area contributed by atoms with Crippen molar-refractivity contribution in [1.29, 1.82) is 0 Å². The Morgan fingerprint density at radius 1 is 1.47 bits per heavy atom. The molecule has 0 saturated heterocycles. The Morgan fingerprint density at radius 2 is 2.07 bits per heavy atom. The van der Waals surface area contributed by atoms with E-state index >= 15 is 0 Å². The highest BCUT2D eigenvalue weighted by molar-refractivity contribution is 5.75. The van der Waals surface area contributed by atoms with E-state index in [0.29, 0.717) is 13.0 Å². The second-order valence-corrected chi connectivity index (χ2v) is 4.68. The lowest BCUT2D eigenvalue weighted by Crippen LogP contribution is -2.23. The predicted octanol–water partition coefficient (Wildman–Crippen LogP) is 2.29. The number of unbranched alkanes of at least 4 members (excludes halogenated alkanes) is 1. The lowest BCUT2D eigenvalue weighted by atomic mass is 9.97. The fourth-order valence-corrected chi connectivity index (χ4v) is 0.955. The standard InChI is InChI=1S/C12H22O3/c1-5-10(13)8-6-7-9-15-11(14)12(2,3)4/h5,10,13H,1,6-9H2,2-4H3. The Kier molecular flexibility index (Phi) is 6.25. The molecule has 0 heterocycles. The molecule has 3 nitrogen and oxygen atoms in total. The van der Waals surface area contributed by atoms with Crippen molar-refractivity contribution in [1.82, 2.24) is 0 Å². The molecule has 0 spiro atoms. The normalized spacial score (nSPS) is 13.3. The highest BCUT2D eigenvalue weighted by atomic mass is 16.5. The first kappa shape index (κ1) is 14.2. The van der Waals surface area contributed by atoms with E-state index in [2.05, 4.69) is 6.58 Å². The van der Waals surface area contributed by atoms with E-state index in [1.165, 1.54) is 6.08 Å². The average Bonchev–Trinajstić information content (AvgIpc) is 2.15. The molecule has 0 aromatic heterocycles. The number of aliphatic hydroxyl groups is 1. The molecule has 0 aliphatic heterocycles. The zero-order chi connectivity index (χ0) is 11.9. The minimum absolute atomic E-state index is 0.174. The molecule has 0 radical (unpaired) electrons. The van der Waals surface area contributed by atoms with Crippen LogP contribution < -0.4 is 0 Å². The number of ether oxygens (including phenoxy) is 1. The third kappa shape index (κ3) is 7.14. The van der Waals surface area contributed by atoms with Crippen molar-refractivity contribution in [2.24, 2.45) is 5.41 Å². The van der Waals surface area contributed by atoms with Gasteiger partial charge in [-0.05, 0) is 40.0 Å². The van der Waals surface area contributed by atoms with E-state index in [-0.39, 0.29) is 5.97 Å². The first-order valence-corrected chi connectivity index (χ1v) is 5.35. The van der Waals surface area contributed by atoms with E-state index in [0.717, 1.165) is 12.8 Å². The third-order valence-corrected chi connectivity index (χ3v) is 2.01. The maximum atomic E-state index is 11.3. The van der Waals surface area contributed by atoms with E-state index < -0.39 is 11.5 Å². The molecule has 15 heavy (non-hydrogen) atoms. The van der Waals surface area contributed by atoms with Crippen LogP contribution in [0.2, 0.25) is 0 Å². The fraction of sp³-hybridized carbons (Fsp3) is 0.750. The van der Waals surface area contributed by atoms with E-state index in [4.69, 9.17) is 9.84 Å². The Balaban J connectivity index is 3.47. The van der Waals surface area contributed by atoms with Crippen LogP contribution in [0.3, 0.4) is 0 Å². The molecule has 1 N–H and O–H groups in total. The van der Waals surface area contributed by atoms with Crippen LogP contribution in [0.15, 0.2) is 12.7 Å². The molecule has 0 aliphatic rings. The molecule has 0 fully saturated rings. The lowest BCUT2D eigenvalue weighted by molar-refractivity contribution is -0.153. The second-order valence-electron chi connectivity index (χ2n) is 4.68. The largest absolute Gasteiger partial charge is 0.465 e. The lowest BCUT2D eigenvalue weighted by Gasteiger charge is -2.16. The summed E-state index contributed by atoms with van der Waals surface area (Å²) in [6.07, 6.45) is 3.37. The summed E-state index contributed by atoms with van der Waals surface area (Å²) >= 11 is 0. The van der Waals surface area contributed by atoms with Gasteiger partial charge in [-0.3, -0.25) is 4.79 Å². The van der Waals surface area contributed by atoms with Crippen molar-refractivity contribution in [3.8, 4) is 0 Å². The SMILES string of the molecule is C=CC(O)CCCCOC(=O)C(C)(C)C. The molecule has 1 atom stereocenters. The summed E-state index contributed by atoms with van der Waals surface area (Å²) in [4.78, 5) is 11.3. The summed E-state index contributed by atoms with van der Waals surface area (Å²) in [5.41, 5.74) is -0.430. The van der Waals surface area contributed by atoms with Gasteiger partial charge in [0.1, 0.15) is 0 Å². The summed E-state index contributed by atoms with van der Waals surface area (Å²) in [5.74, 6) is -0.174. The zero-order valence-electron chi connectivity index (χ0n) is 9.95. The quantitative estimate of drug-likeness (QED) is 0.419. The number of rotatable bonds is 6. The topological polar surface area (TPSA) is 46.5 Å². The van der Waals surface area contributed by atoms with Crippen LogP contribution in [-0.2, 0) is 9.53 Å². The first-order chi connectivity index (χ1) is 6.88. The van der Waals surface area contributed by atoms with Gasteiger partial charge in [-0.25, -0.2) is 0 Å². The number of hydrogen-bond donors (Lipinski definition) is 1. The van der Waals surface area contributed by atoms with Gasteiger partial charge in [0.15, 0.2) is 0 Å². The van der Waals surface area contributed by atoms with E-state index in [1.54, 1.807) is 0 Å². The van der Waals surface area contributed by atoms with Crippen molar-refractivity contribution in [2.45, 2.75) is 46.1 Å². The van der Waals surface area contributed by atoms with Crippen LogP contribution in [0.4, 0.5) is 0 Å². The van der Waals surface area contributed by atoms with E-state index in [9.17, 15) is 4.79 Å². The van der Waals surface area contributed by atoms with Gasteiger partial charge in [-0.2, -0.15) is 0 Å². The first-order valence-electron chi connectivity index (χ1n) is 5.35. The van der Waals surface area contributed by atoms with Crippen LogP contribution in [-0.4, -0.2) is 23.8 Å². The van der Waals surface area contributed by atoms with Crippen molar-refractivity contribution < 1.29 is 14.6 Å². The van der Waals surface area contributed by atoms with Crippen LogP contribution >= 0.6 is 0 Å². The number of carbonyl (C=O) groups excluding carboxylic acids is 1. The maximum absolute atomic E-state index is 11.3. The van der Waals surface area contributed by atoms with Gasteiger partial charge < -0.3 is 9.84 Å². The second kappa shape index (κ2) is 6.62. The molecule has 0 aromatic carbocycles. The molecular formula is C12H22O3. The molecule has 0 saturated carbocycles. The van der Waals surface area contributed by atoms with Crippen LogP contribution in [0.5, 0.6) is 0 Å². The van der Waals surface area contributed by atoms with Crippen LogP contribution in [0.25, 0.3) is 0 Å². The molecule has 3 heteroatoms. The van der Waals surface area contributed by atoms with Gasteiger partial charge in [0.2, 0.25) is 0 Å². The Morgan fingerprint density at radius 3 is 2.53 bits per heavy atom. The molecule has 0 rings (SSSR count). The summed E-state index contributed by atoms with van der Waals surface area (Å²) in [5, 5.41) is 9.17. The maximum Gasteiger partial charge on any atom is 0.311 e. The molecule has 0 aliphatic carbocycles. The predicted molar refractivity (Wildman–Crippen MR) is 60.5 cm³/mol. The smallest absolute Gasteiger partial charge is 0.311 e. The molecular weight excluding hydrogens is 192 g/mol. The van der Waals surface area contributed by atoms with Gasteiger partial charge in [-0.1, -0.05) is 6.08 Å². The van der Waals surface area contributed by atoms with Crippen LogP contribution in [0.1, 0.15) is 40.0 Å². The molecule has 1 unspecified atom stereocenters. The number of esters is 1. The zero-order valence-corrected chi connectivity index (χ0v) is 9.95. The Bertz CT molecular complexity index is 203. The summed E-state index contributed by atoms with van der Waals surface area (Å²) < 4.78 is 5.08. The molecule has 0 amide bonds. The van der Waals surface area contributed by atoms with Gasteiger partial charge >= 0.3 is 5.97 Å². The van der Waals surface area contributed by atoms with Crippen molar-refractivity contribution in [2.75, 3.05) is 6.61 Å². The highest BCUT2D eigenvalue weighted by Gasteiger charge is 2.22. The summed E-state index contributed by atoms with van der Waals surface area (Å²) in [6.45, 7) is 9.41. The van der Waals surface area contributed by atoms with Crippen molar-refractivity contribution in [3.05, 3.63) is 12.7 Å². The molecule has 0 bridgehead atoms. The van der Waals surface area contributed by atoms with Crippen LogP contribution in [0, 0.1) is 5.41 Å². The number of aliphatic hydroxyl groups excluding tert-OH is 1. The van der Waals surface area contributed by atoms with Gasteiger partial charge in [-0.15, -0.1) is 6.58 Å². The highest BCUT2D eigenvalue weighted by Crippen LogP contribution is 2.15. The molecule has 88 valence electrons. The van der Waals surface area contributed by atoms with E-state index in [1.807, 2.05) is 20.8 Å². The minimum atomic E-state index is -0.441. The Hall–Kier alpha value is -0.830.